The molecule has 8 heteroatoms. The van der Waals surface area contributed by atoms with E-state index in [1.165, 1.54) is 11.3 Å². The summed E-state index contributed by atoms with van der Waals surface area (Å²) in [6.45, 7) is 5.46. The predicted octanol–water partition coefficient (Wildman–Crippen LogP) is 1.69. The number of aliphatic imine (C=N–C) groups is 1. The van der Waals surface area contributed by atoms with E-state index in [-0.39, 0.29) is 29.9 Å². The maximum absolute atomic E-state index is 11.7. The van der Waals surface area contributed by atoms with Crippen molar-refractivity contribution in [2.75, 3.05) is 39.9 Å². The van der Waals surface area contributed by atoms with Crippen molar-refractivity contribution in [3.8, 4) is 0 Å². The number of carbonyl (C=O) groups is 1. The van der Waals surface area contributed by atoms with E-state index in [0.717, 1.165) is 37.0 Å². The Morgan fingerprint density at radius 1 is 1.27 bits per heavy atom. The summed E-state index contributed by atoms with van der Waals surface area (Å²) in [5.41, 5.74) is 0. The van der Waals surface area contributed by atoms with E-state index in [1.54, 1.807) is 7.05 Å². The Labute approximate surface area is 153 Å². The molecule has 1 aromatic rings. The number of nitrogens with one attached hydrogen (secondary N) is 3. The van der Waals surface area contributed by atoms with Crippen LogP contribution in [0.15, 0.2) is 22.5 Å². The highest BCUT2D eigenvalue weighted by atomic mass is 127. The molecular weight excluding hydrogens is 415 g/mol. The van der Waals surface area contributed by atoms with Crippen LogP contribution in [0.4, 0.5) is 0 Å². The van der Waals surface area contributed by atoms with Gasteiger partial charge in [0.05, 0.1) is 11.5 Å². The fraction of sp³-hybridized carbons (Fsp3) is 0.571. The predicted molar refractivity (Wildman–Crippen MR) is 103 cm³/mol. The van der Waals surface area contributed by atoms with Crippen LogP contribution >= 0.6 is 35.3 Å². The molecule has 0 spiro atoms. The van der Waals surface area contributed by atoms with E-state index in [0.29, 0.717) is 13.2 Å². The van der Waals surface area contributed by atoms with Crippen LogP contribution in [0.3, 0.4) is 0 Å². The molecule has 6 nitrogen and oxygen atoms in total. The highest BCUT2D eigenvalue weighted by molar-refractivity contribution is 14.0. The summed E-state index contributed by atoms with van der Waals surface area (Å²) < 4.78 is 5.24. The number of nitrogens with zero attached hydrogens (tertiary/aromatic N) is 1. The van der Waals surface area contributed by atoms with Gasteiger partial charge in [0.25, 0.3) is 5.91 Å². The fourth-order valence-electron chi connectivity index (χ4n) is 1.60. The van der Waals surface area contributed by atoms with Crippen molar-refractivity contribution >= 4 is 47.2 Å². The third kappa shape index (κ3) is 9.21. The lowest BCUT2D eigenvalue weighted by Crippen LogP contribution is -2.40. The molecule has 0 aliphatic carbocycles. The standard InChI is InChI=1S/C14H24N4O2S.HI/c1-3-20-10-9-18-14(15-2)17-8-5-7-16-13(19)12-6-4-11-21-12;/h4,6,11H,3,5,7-10H2,1-2H3,(H,16,19)(H2,15,17,18);1H. The van der Waals surface area contributed by atoms with E-state index >= 15 is 0 Å². The van der Waals surface area contributed by atoms with E-state index in [1.807, 2.05) is 24.4 Å². The van der Waals surface area contributed by atoms with Crippen molar-refractivity contribution < 1.29 is 9.53 Å². The van der Waals surface area contributed by atoms with Gasteiger partial charge in [-0.3, -0.25) is 9.79 Å². The second kappa shape index (κ2) is 13.8. The molecule has 0 radical (unpaired) electrons. The third-order valence-corrected chi connectivity index (χ3v) is 3.51. The topological polar surface area (TPSA) is 74.8 Å². The van der Waals surface area contributed by atoms with Crippen molar-refractivity contribution in [2.45, 2.75) is 13.3 Å². The number of hydrogen-bond acceptors (Lipinski definition) is 4. The molecule has 0 aromatic carbocycles. The average Bonchev–Trinajstić information content (AvgIpc) is 3.03. The van der Waals surface area contributed by atoms with Gasteiger partial charge in [0.1, 0.15) is 0 Å². The first kappa shape index (κ1) is 21.1. The van der Waals surface area contributed by atoms with Crippen LogP contribution in [0, 0.1) is 0 Å². The molecule has 0 atom stereocenters. The third-order valence-electron chi connectivity index (χ3n) is 2.64. The van der Waals surface area contributed by atoms with E-state index in [2.05, 4.69) is 20.9 Å². The molecule has 0 unspecified atom stereocenters. The van der Waals surface area contributed by atoms with Gasteiger partial charge in [0.2, 0.25) is 0 Å². The summed E-state index contributed by atoms with van der Waals surface area (Å²) in [6.07, 6.45) is 0.837. The maximum atomic E-state index is 11.7. The van der Waals surface area contributed by atoms with Crippen LogP contribution in [-0.2, 0) is 4.74 Å². The number of rotatable bonds is 9. The quantitative estimate of drug-likeness (QED) is 0.237. The second-order valence-corrected chi connectivity index (χ2v) is 5.16. The van der Waals surface area contributed by atoms with Crippen LogP contribution < -0.4 is 16.0 Å². The lowest BCUT2D eigenvalue weighted by atomic mass is 10.4. The van der Waals surface area contributed by atoms with Crippen molar-refractivity contribution in [3.63, 3.8) is 0 Å². The van der Waals surface area contributed by atoms with Gasteiger partial charge < -0.3 is 20.7 Å². The zero-order valence-corrected chi connectivity index (χ0v) is 16.2. The van der Waals surface area contributed by atoms with Gasteiger partial charge in [0.15, 0.2) is 5.96 Å². The van der Waals surface area contributed by atoms with Gasteiger partial charge in [0, 0.05) is 33.3 Å². The minimum Gasteiger partial charge on any atom is -0.380 e. The first-order valence-corrected chi connectivity index (χ1v) is 7.99. The van der Waals surface area contributed by atoms with Crippen molar-refractivity contribution in [1.82, 2.24) is 16.0 Å². The van der Waals surface area contributed by atoms with Gasteiger partial charge in [-0.05, 0) is 24.8 Å². The first-order valence-electron chi connectivity index (χ1n) is 7.12. The highest BCUT2D eigenvalue weighted by Crippen LogP contribution is 2.07. The monoisotopic (exact) mass is 440 g/mol. The smallest absolute Gasteiger partial charge is 0.261 e. The Morgan fingerprint density at radius 3 is 2.64 bits per heavy atom. The van der Waals surface area contributed by atoms with E-state index in [9.17, 15) is 4.79 Å². The van der Waals surface area contributed by atoms with Gasteiger partial charge in [-0.15, -0.1) is 35.3 Å². The molecule has 1 heterocycles. The average molecular weight is 440 g/mol. The van der Waals surface area contributed by atoms with Gasteiger partial charge in [-0.2, -0.15) is 0 Å². The molecule has 0 saturated carbocycles. The molecule has 1 amide bonds. The molecule has 1 rings (SSSR count). The molecule has 0 aliphatic rings. The van der Waals surface area contributed by atoms with Gasteiger partial charge in [-0.25, -0.2) is 0 Å². The fourth-order valence-corrected chi connectivity index (χ4v) is 2.24. The lowest BCUT2D eigenvalue weighted by Gasteiger charge is -2.11. The molecule has 126 valence electrons. The summed E-state index contributed by atoms with van der Waals surface area (Å²) in [4.78, 5) is 16.5. The Bertz CT molecular complexity index is 426. The Kier molecular flexibility index (Phi) is 13.2. The molecule has 1 aromatic heterocycles. The molecule has 0 aliphatic heterocycles. The number of ether oxygens (including phenoxy) is 1. The molecular formula is C14H25IN4O2S. The minimum absolute atomic E-state index is 0. The van der Waals surface area contributed by atoms with Crippen LogP contribution in [-0.4, -0.2) is 51.8 Å². The molecule has 0 bridgehead atoms. The van der Waals surface area contributed by atoms with Gasteiger partial charge in [-0.1, -0.05) is 6.07 Å². The van der Waals surface area contributed by atoms with Crippen LogP contribution in [0.5, 0.6) is 0 Å². The highest BCUT2D eigenvalue weighted by Gasteiger charge is 2.04. The zero-order chi connectivity index (χ0) is 15.3. The molecule has 0 fully saturated rings. The summed E-state index contributed by atoms with van der Waals surface area (Å²) in [6, 6.07) is 3.70. The Balaban J connectivity index is 0.00000441. The Hall–Kier alpha value is -0.870. The van der Waals surface area contributed by atoms with Crippen molar-refractivity contribution in [2.24, 2.45) is 4.99 Å². The summed E-state index contributed by atoms with van der Waals surface area (Å²) in [5, 5.41) is 11.1. The van der Waals surface area contributed by atoms with Gasteiger partial charge >= 0.3 is 0 Å². The Morgan fingerprint density at radius 2 is 2.00 bits per heavy atom. The maximum Gasteiger partial charge on any atom is 0.261 e. The first-order chi connectivity index (χ1) is 10.3. The minimum atomic E-state index is -0.00998. The largest absolute Gasteiger partial charge is 0.380 e. The van der Waals surface area contributed by atoms with Crippen molar-refractivity contribution in [1.29, 1.82) is 0 Å². The summed E-state index contributed by atoms with van der Waals surface area (Å²) in [5.74, 6) is 0.739. The number of thiophene rings is 1. The number of hydrogen-bond donors (Lipinski definition) is 3. The van der Waals surface area contributed by atoms with Crippen LogP contribution in [0.2, 0.25) is 0 Å². The van der Waals surface area contributed by atoms with Crippen LogP contribution in [0.25, 0.3) is 0 Å². The summed E-state index contributed by atoms with van der Waals surface area (Å²) >= 11 is 1.45. The number of guanidine groups is 1. The molecule has 3 N–H and O–H groups in total. The van der Waals surface area contributed by atoms with E-state index in [4.69, 9.17) is 4.74 Å². The normalized spacial score (nSPS) is 10.7. The van der Waals surface area contributed by atoms with Crippen LogP contribution in [0.1, 0.15) is 23.0 Å². The number of carbonyl (C=O) groups excluding carboxylic acids is 1. The SMILES string of the molecule is CCOCCNC(=NC)NCCCNC(=O)c1cccs1.I. The van der Waals surface area contributed by atoms with Crippen molar-refractivity contribution in [3.05, 3.63) is 22.4 Å². The number of amides is 1. The zero-order valence-electron chi connectivity index (χ0n) is 13.1. The second-order valence-electron chi connectivity index (χ2n) is 4.21. The molecule has 22 heavy (non-hydrogen) atoms. The van der Waals surface area contributed by atoms with E-state index < -0.39 is 0 Å². The lowest BCUT2D eigenvalue weighted by molar-refractivity contribution is 0.0957. The summed E-state index contributed by atoms with van der Waals surface area (Å²) in [7, 11) is 1.73. The molecule has 0 saturated heterocycles. The number of halogens is 1.